The van der Waals surface area contributed by atoms with Gasteiger partial charge in [0.2, 0.25) is 0 Å². The van der Waals surface area contributed by atoms with Crippen LogP contribution in [-0.4, -0.2) is 29.7 Å². The Kier molecular flexibility index (Phi) is 2.67. The fraction of sp³-hybridized carbons (Fsp3) is 0.667. The van der Waals surface area contributed by atoms with Crippen LogP contribution in [0.4, 0.5) is 0 Å². The first-order valence-electron chi connectivity index (χ1n) is 6.31. The standard InChI is InChI=1S/C12H15N3O2S/c13-8-12-10-2-1-3-11(10)14-15(12)9-4-6-18(16,17)7-5-9/h9H,1-7H2. The minimum atomic E-state index is -2.86. The minimum Gasteiger partial charge on any atom is -0.251 e. The fourth-order valence-corrected chi connectivity index (χ4v) is 4.38. The van der Waals surface area contributed by atoms with Gasteiger partial charge in [0.05, 0.1) is 23.2 Å². The zero-order valence-corrected chi connectivity index (χ0v) is 10.9. The van der Waals surface area contributed by atoms with Gasteiger partial charge in [-0.15, -0.1) is 0 Å². The summed E-state index contributed by atoms with van der Waals surface area (Å²) in [5.41, 5.74) is 2.79. The van der Waals surface area contributed by atoms with Crippen LogP contribution in [0.2, 0.25) is 0 Å². The van der Waals surface area contributed by atoms with Crippen molar-refractivity contribution >= 4 is 9.84 Å². The van der Waals surface area contributed by atoms with Gasteiger partial charge in [0.25, 0.3) is 0 Å². The molecule has 0 bridgehead atoms. The molecule has 0 N–H and O–H groups in total. The van der Waals surface area contributed by atoms with Gasteiger partial charge in [-0.05, 0) is 32.1 Å². The van der Waals surface area contributed by atoms with Crippen molar-refractivity contribution in [1.82, 2.24) is 9.78 Å². The number of aromatic nitrogens is 2. The van der Waals surface area contributed by atoms with Crippen LogP contribution in [0.1, 0.15) is 42.3 Å². The summed E-state index contributed by atoms with van der Waals surface area (Å²) in [7, 11) is -2.86. The Balaban J connectivity index is 1.92. The average molecular weight is 265 g/mol. The molecule has 0 spiro atoms. The maximum atomic E-state index is 11.4. The van der Waals surface area contributed by atoms with Crippen LogP contribution >= 0.6 is 0 Å². The third-order valence-electron chi connectivity index (χ3n) is 3.91. The van der Waals surface area contributed by atoms with Gasteiger partial charge in [0.1, 0.15) is 21.6 Å². The minimum absolute atomic E-state index is 0.0776. The van der Waals surface area contributed by atoms with E-state index in [0.717, 1.165) is 30.5 Å². The number of hydrogen-bond acceptors (Lipinski definition) is 4. The number of hydrogen-bond donors (Lipinski definition) is 0. The Hall–Kier alpha value is -1.35. The van der Waals surface area contributed by atoms with E-state index < -0.39 is 9.84 Å². The van der Waals surface area contributed by atoms with Crippen LogP contribution in [0, 0.1) is 11.3 Å². The van der Waals surface area contributed by atoms with Crippen molar-refractivity contribution in [2.24, 2.45) is 0 Å². The highest BCUT2D eigenvalue weighted by Crippen LogP contribution is 2.30. The third kappa shape index (κ3) is 1.83. The van der Waals surface area contributed by atoms with Crippen molar-refractivity contribution in [2.75, 3.05) is 11.5 Å². The van der Waals surface area contributed by atoms with Crippen molar-refractivity contribution in [3.63, 3.8) is 0 Å². The lowest BCUT2D eigenvalue weighted by atomic mass is 10.1. The third-order valence-corrected chi connectivity index (χ3v) is 5.62. The molecule has 0 aromatic carbocycles. The molecular formula is C12H15N3O2S. The molecule has 1 aliphatic carbocycles. The zero-order valence-electron chi connectivity index (χ0n) is 10.1. The molecule has 1 aliphatic heterocycles. The van der Waals surface area contributed by atoms with E-state index in [1.807, 2.05) is 0 Å². The second-order valence-electron chi connectivity index (χ2n) is 5.07. The molecule has 0 unspecified atom stereocenters. The number of fused-ring (bicyclic) bond motifs is 1. The maximum Gasteiger partial charge on any atom is 0.150 e. The van der Waals surface area contributed by atoms with Gasteiger partial charge in [0.15, 0.2) is 0 Å². The molecule has 0 radical (unpaired) electrons. The Labute approximate surface area is 106 Å². The number of nitriles is 1. The van der Waals surface area contributed by atoms with E-state index in [4.69, 9.17) is 0 Å². The van der Waals surface area contributed by atoms with Gasteiger partial charge in [-0.3, -0.25) is 4.68 Å². The van der Waals surface area contributed by atoms with Crippen LogP contribution in [0.25, 0.3) is 0 Å². The summed E-state index contributed by atoms with van der Waals surface area (Å²) in [6.45, 7) is 0. The first-order valence-corrected chi connectivity index (χ1v) is 8.13. The molecule has 1 fully saturated rings. The Morgan fingerprint density at radius 3 is 2.67 bits per heavy atom. The van der Waals surface area contributed by atoms with E-state index >= 15 is 0 Å². The average Bonchev–Trinajstić information content (AvgIpc) is 2.88. The Morgan fingerprint density at radius 2 is 2.00 bits per heavy atom. The van der Waals surface area contributed by atoms with Crippen LogP contribution < -0.4 is 0 Å². The lowest BCUT2D eigenvalue weighted by Gasteiger charge is -2.23. The second kappa shape index (κ2) is 4.09. The number of rotatable bonds is 1. The molecule has 1 saturated heterocycles. The predicted octanol–water partition coefficient (Wildman–Crippen LogP) is 0.993. The first-order chi connectivity index (χ1) is 8.61. The largest absolute Gasteiger partial charge is 0.251 e. The molecule has 18 heavy (non-hydrogen) atoms. The summed E-state index contributed by atoms with van der Waals surface area (Å²) < 4.78 is 24.6. The second-order valence-corrected chi connectivity index (χ2v) is 7.37. The van der Waals surface area contributed by atoms with E-state index in [9.17, 15) is 13.7 Å². The fourth-order valence-electron chi connectivity index (χ4n) is 2.92. The smallest absolute Gasteiger partial charge is 0.150 e. The highest BCUT2D eigenvalue weighted by atomic mass is 32.2. The summed E-state index contributed by atoms with van der Waals surface area (Å²) in [6.07, 6.45) is 4.12. The molecule has 1 aromatic heterocycles. The molecule has 0 saturated carbocycles. The summed E-state index contributed by atoms with van der Waals surface area (Å²) in [5.74, 6) is 0.431. The van der Waals surface area contributed by atoms with Gasteiger partial charge in [-0.25, -0.2) is 8.42 Å². The SMILES string of the molecule is N#Cc1c2c(nn1C1CCS(=O)(=O)CC1)CCC2. The van der Waals surface area contributed by atoms with Crippen molar-refractivity contribution in [3.8, 4) is 6.07 Å². The van der Waals surface area contributed by atoms with E-state index in [1.165, 1.54) is 0 Å². The van der Waals surface area contributed by atoms with Gasteiger partial charge in [0, 0.05) is 5.56 Å². The summed E-state index contributed by atoms with van der Waals surface area (Å²) in [4.78, 5) is 0. The van der Waals surface area contributed by atoms with Crippen LogP contribution in [-0.2, 0) is 22.7 Å². The normalized spacial score (nSPS) is 22.6. The van der Waals surface area contributed by atoms with Gasteiger partial charge >= 0.3 is 0 Å². The first kappa shape index (κ1) is 11.7. The highest BCUT2D eigenvalue weighted by molar-refractivity contribution is 7.91. The van der Waals surface area contributed by atoms with Crippen LogP contribution in [0.15, 0.2) is 0 Å². The molecule has 0 amide bonds. The number of sulfone groups is 1. The molecule has 2 aliphatic rings. The summed E-state index contributed by atoms with van der Waals surface area (Å²) >= 11 is 0. The topological polar surface area (TPSA) is 75.8 Å². The summed E-state index contributed by atoms with van der Waals surface area (Å²) in [6, 6.07) is 2.32. The van der Waals surface area contributed by atoms with Crippen molar-refractivity contribution in [2.45, 2.75) is 38.1 Å². The Morgan fingerprint density at radius 1 is 1.28 bits per heavy atom. The molecular weight excluding hydrogens is 250 g/mol. The van der Waals surface area contributed by atoms with Gasteiger partial charge in [-0.2, -0.15) is 10.4 Å². The van der Waals surface area contributed by atoms with Crippen LogP contribution in [0.3, 0.4) is 0 Å². The predicted molar refractivity (Wildman–Crippen MR) is 65.9 cm³/mol. The lowest BCUT2D eigenvalue weighted by Crippen LogP contribution is -2.27. The molecule has 6 heteroatoms. The van der Waals surface area contributed by atoms with E-state index in [0.29, 0.717) is 18.5 Å². The quantitative estimate of drug-likeness (QED) is 0.759. The van der Waals surface area contributed by atoms with Crippen molar-refractivity contribution in [3.05, 3.63) is 17.0 Å². The molecule has 0 atom stereocenters. The van der Waals surface area contributed by atoms with E-state index in [-0.39, 0.29) is 17.5 Å². The molecule has 2 heterocycles. The molecule has 3 rings (SSSR count). The summed E-state index contributed by atoms with van der Waals surface area (Å²) in [5, 5.41) is 13.8. The van der Waals surface area contributed by atoms with Crippen molar-refractivity contribution < 1.29 is 8.42 Å². The van der Waals surface area contributed by atoms with Gasteiger partial charge < -0.3 is 0 Å². The van der Waals surface area contributed by atoms with E-state index in [2.05, 4.69) is 11.2 Å². The number of nitrogens with zero attached hydrogens (tertiary/aromatic N) is 3. The number of aryl methyl sites for hydroxylation is 1. The highest BCUT2D eigenvalue weighted by Gasteiger charge is 2.30. The lowest BCUT2D eigenvalue weighted by molar-refractivity contribution is 0.406. The molecule has 5 nitrogen and oxygen atoms in total. The van der Waals surface area contributed by atoms with Crippen molar-refractivity contribution in [1.29, 1.82) is 5.26 Å². The van der Waals surface area contributed by atoms with Gasteiger partial charge in [-0.1, -0.05) is 0 Å². The maximum absolute atomic E-state index is 11.4. The zero-order chi connectivity index (χ0) is 12.8. The van der Waals surface area contributed by atoms with E-state index in [1.54, 1.807) is 4.68 Å². The van der Waals surface area contributed by atoms with Crippen LogP contribution in [0.5, 0.6) is 0 Å². The Bertz CT molecular complexity index is 610. The molecule has 1 aromatic rings. The monoisotopic (exact) mass is 265 g/mol. The molecule has 96 valence electrons.